The predicted molar refractivity (Wildman–Crippen MR) is 110 cm³/mol. The van der Waals surface area contributed by atoms with Gasteiger partial charge in [0.25, 0.3) is 5.91 Å². The molecule has 1 aromatic carbocycles. The van der Waals surface area contributed by atoms with Gasteiger partial charge >= 0.3 is 0 Å². The largest absolute Gasteiger partial charge is 0.506 e. The molecule has 3 heterocycles. The van der Waals surface area contributed by atoms with E-state index in [0.29, 0.717) is 20.1 Å². The molecule has 4 rings (SSSR count). The van der Waals surface area contributed by atoms with Gasteiger partial charge in [-0.25, -0.2) is 0 Å². The minimum Gasteiger partial charge on any atom is -0.506 e. The highest BCUT2D eigenvalue weighted by molar-refractivity contribution is 8.26. The van der Waals surface area contributed by atoms with Gasteiger partial charge in [0.2, 0.25) is 5.91 Å². The van der Waals surface area contributed by atoms with Crippen LogP contribution in [0.15, 0.2) is 40.7 Å². The molecule has 0 bridgehead atoms. The van der Waals surface area contributed by atoms with Crippen LogP contribution in [0.2, 0.25) is 0 Å². The number of aromatic nitrogens is 1. The monoisotopic (exact) mass is 400 g/mol. The maximum Gasteiger partial charge on any atom is 0.263 e. The number of thioether (sulfide) groups is 1. The van der Waals surface area contributed by atoms with E-state index in [1.165, 1.54) is 40.8 Å². The summed E-state index contributed by atoms with van der Waals surface area (Å²) in [6.07, 6.45) is 3.24. The summed E-state index contributed by atoms with van der Waals surface area (Å²) >= 11 is 7.77. The molecular formula is C18H12N2O3S3. The first kappa shape index (κ1) is 17.0. The molecule has 0 atom stereocenters. The Morgan fingerprint density at radius 3 is 2.81 bits per heavy atom. The van der Waals surface area contributed by atoms with Crippen molar-refractivity contribution in [3.05, 3.63) is 45.6 Å². The van der Waals surface area contributed by atoms with E-state index in [0.717, 1.165) is 16.0 Å². The summed E-state index contributed by atoms with van der Waals surface area (Å²) in [4.78, 5) is 24.9. The van der Waals surface area contributed by atoms with Gasteiger partial charge in [0.15, 0.2) is 0 Å². The maximum atomic E-state index is 11.8. The van der Waals surface area contributed by atoms with Crippen molar-refractivity contribution >= 4 is 68.4 Å². The van der Waals surface area contributed by atoms with Crippen LogP contribution in [0.5, 0.6) is 5.75 Å². The van der Waals surface area contributed by atoms with Crippen LogP contribution in [-0.2, 0) is 4.79 Å². The molecule has 130 valence electrons. The van der Waals surface area contributed by atoms with Crippen LogP contribution in [0.3, 0.4) is 0 Å². The van der Waals surface area contributed by atoms with E-state index in [1.54, 1.807) is 0 Å². The first-order chi connectivity index (χ1) is 12.4. The lowest BCUT2D eigenvalue weighted by atomic mass is 10.1. The average molecular weight is 401 g/mol. The number of nitrogens with zero attached hydrogens (tertiary/aromatic N) is 1. The molecule has 8 heteroatoms. The first-order valence-corrected chi connectivity index (χ1v) is 9.71. The summed E-state index contributed by atoms with van der Waals surface area (Å²) in [5, 5.41) is 15.3. The first-order valence-electron chi connectivity index (χ1n) is 7.61. The number of amides is 1. The smallest absolute Gasteiger partial charge is 0.263 e. The lowest BCUT2D eigenvalue weighted by Crippen LogP contribution is -2.17. The molecule has 2 N–H and O–H groups in total. The van der Waals surface area contributed by atoms with Crippen LogP contribution in [0.25, 0.3) is 28.1 Å². The summed E-state index contributed by atoms with van der Waals surface area (Å²) in [5.74, 6) is -0.258. The van der Waals surface area contributed by atoms with Gasteiger partial charge in [0.05, 0.1) is 16.6 Å². The summed E-state index contributed by atoms with van der Waals surface area (Å²) in [6, 6.07) is 7.56. The fourth-order valence-corrected chi connectivity index (χ4v) is 4.74. The molecule has 1 fully saturated rings. The molecule has 0 unspecified atom stereocenters. The number of nitrogens with one attached hydrogen (secondary N) is 1. The van der Waals surface area contributed by atoms with Crippen LogP contribution in [0.1, 0.15) is 16.6 Å². The summed E-state index contributed by atoms with van der Waals surface area (Å²) in [6.45, 7) is 1.45. The molecule has 1 saturated heterocycles. The maximum absolute atomic E-state index is 11.8. The zero-order valence-corrected chi connectivity index (χ0v) is 15.9. The van der Waals surface area contributed by atoms with Gasteiger partial charge in [-0.15, -0.1) is 11.3 Å². The number of thiophene rings is 1. The number of hydrogen-bond donors (Lipinski definition) is 2. The molecule has 0 aliphatic carbocycles. The van der Waals surface area contributed by atoms with E-state index < -0.39 is 0 Å². The van der Waals surface area contributed by atoms with E-state index in [9.17, 15) is 14.7 Å². The van der Waals surface area contributed by atoms with Gasteiger partial charge in [-0.2, -0.15) is 0 Å². The van der Waals surface area contributed by atoms with Crippen LogP contribution in [0, 0.1) is 0 Å². The van der Waals surface area contributed by atoms with Gasteiger partial charge in [0.1, 0.15) is 10.1 Å². The summed E-state index contributed by atoms with van der Waals surface area (Å²) in [7, 11) is 0. The van der Waals surface area contributed by atoms with Crippen LogP contribution in [0.4, 0.5) is 0 Å². The Balaban J connectivity index is 1.71. The van der Waals surface area contributed by atoms with E-state index in [1.807, 2.05) is 35.7 Å². The number of carbonyl (C=O) groups is 2. The number of fused-ring (bicyclic) bond motifs is 1. The van der Waals surface area contributed by atoms with E-state index in [2.05, 4.69) is 5.32 Å². The Morgan fingerprint density at radius 1 is 1.31 bits per heavy atom. The number of hydrogen-bond acceptors (Lipinski definition) is 6. The van der Waals surface area contributed by atoms with Gasteiger partial charge in [-0.1, -0.05) is 30.0 Å². The minimum absolute atomic E-state index is 0.0714. The second-order valence-corrected chi connectivity index (χ2v) is 8.39. The second kappa shape index (κ2) is 6.39. The zero-order chi connectivity index (χ0) is 18.4. The minimum atomic E-state index is -0.174. The van der Waals surface area contributed by atoms with Crippen molar-refractivity contribution in [3.63, 3.8) is 0 Å². The van der Waals surface area contributed by atoms with E-state index >= 15 is 0 Å². The molecule has 0 spiro atoms. The van der Waals surface area contributed by atoms with Crippen LogP contribution >= 0.6 is 35.3 Å². The molecule has 1 amide bonds. The zero-order valence-electron chi connectivity index (χ0n) is 13.5. The van der Waals surface area contributed by atoms with Crippen molar-refractivity contribution in [1.29, 1.82) is 0 Å². The number of aromatic hydroxyl groups is 1. The fourth-order valence-electron chi connectivity index (χ4n) is 2.78. The highest BCUT2D eigenvalue weighted by Gasteiger charge is 2.22. The van der Waals surface area contributed by atoms with Crippen molar-refractivity contribution < 1.29 is 14.7 Å². The molecule has 3 aromatic rings. The SMILES string of the molecule is CC(=O)n1cc(O)c2cc(-c3csc(/C=C4\SC(=S)NC4=O)c3)ccc21. The molecule has 0 saturated carbocycles. The molecule has 0 radical (unpaired) electrons. The number of thiocarbonyl (C=S) groups is 1. The predicted octanol–water partition coefficient (Wildman–Crippen LogP) is 4.22. The standard InChI is InChI=1S/C18H12N2O3S3/c1-9(21)20-7-15(22)13-5-10(2-3-14(13)20)11-4-12(25-8-11)6-16-17(23)19-18(24)26-16/h2-8,22H,1H3,(H,19,23,24)/b16-6-. The Hall–Kier alpha value is -2.42. The third kappa shape index (κ3) is 2.96. The highest BCUT2D eigenvalue weighted by Crippen LogP contribution is 2.35. The number of benzene rings is 1. The average Bonchev–Trinajstić information content (AvgIpc) is 3.27. The molecular weight excluding hydrogens is 388 g/mol. The lowest BCUT2D eigenvalue weighted by molar-refractivity contribution is -0.115. The Bertz CT molecular complexity index is 1120. The van der Waals surface area contributed by atoms with Crippen molar-refractivity contribution in [2.24, 2.45) is 0 Å². The second-order valence-electron chi connectivity index (χ2n) is 5.73. The topological polar surface area (TPSA) is 71.3 Å². The van der Waals surface area contributed by atoms with Crippen LogP contribution in [-0.4, -0.2) is 25.8 Å². The molecule has 1 aliphatic rings. The van der Waals surface area contributed by atoms with Crippen molar-refractivity contribution in [1.82, 2.24) is 9.88 Å². The molecule has 26 heavy (non-hydrogen) atoms. The summed E-state index contributed by atoms with van der Waals surface area (Å²) in [5.41, 5.74) is 2.57. The van der Waals surface area contributed by atoms with E-state index in [4.69, 9.17) is 12.2 Å². The van der Waals surface area contributed by atoms with E-state index in [-0.39, 0.29) is 17.6 Å². The third-order valence-electron chi connectivity index (χ3n) is 3.99. The number of rotatable bonds is 2. The number of carbonyl (C=O) groups excluding carboxylic acids is 2. The molecule has 2 aromatic heterocycles. The van der Waals surface area contributed by atoms with Gasteiger partial charge in [-0.05, 0) is 40.8 Å². The Kier molecular flexibility index (Phi) is 4.18. The third-order valence-corrected chi connectivity index (χ3v) is 6.03. The quantitative estimate of drug-likeness (QED) is 0.498. The summed E-state index contributed by atoms with van der Waals surface area (Å²) < 4.78 is 1.89. The molecule has 5 nitrogen and oxygen atoms in total. The van der Waals surface area contributed by atoms with Crippen LogP contribution < -0.4 is 5.32 Å². The van der Waals surface area contributed by atoms with Crippen molar-refractivity contribution in [2.45, 2.75) is 6.92 Å². The van der Waals surface area contributed by atoms with Gasteiger partial charge < -0.3 is 10.4 Å². The molecule has 1 aliphatic heterocycles. The van der Waals surface area contributed by atoms with Gasteiger partial charge in [-0.3, -0.25) is 14.2 Å². The van der Waals surface area contributed by atoms with Crippen molar-refractivity contribution in [3.8, 4) is 16.9 Å². The van der Waals surface area contributed by atoms with Crippen molar-refractivity contribution in [2.75, 3.05) is 0 Å². The normalized spacial score (nSPS) is 15.8. The van der Waals surface area contributed by atoms with Gasteiger partial charge in [0, 0.05) is 17.2 Å². The Morgan fingerprint density at radius 2 is 2.12 bits per heavy atom. The Labute approximate surface area is 162 Å². The highest BCUT2D eigenvalue weighted by atomic mass is 32.2. The fraction of sp³-hybridized carbons (Fsp3) is 0.0556. The lowest BCUT2D eigenvalue weighted by Gasteiger charge is -2.01.